The van der Waals surface area contributed by atoms with Crippen LogP contribution in [0.3, 0.4) is 0 Å². The Kier molecular flexibility index (Phi) is 6.30. The highest BCUT2D eigenvalue weighted by Crippen LogP contribution is 2.34. The van der Waals surface area contributed by atoms with E-state index in [4.69, 9.17) is 9.47 Å². The van der Waals surface area contributed by atoms with Gasteiger partial charge in [0.1, 0.15) is 24.3 Å². The molecular weight excluding hydrogens is 405 g/mol. The van der Waals surface area contributed by atoms with Gasteiger partial charge in [-0.25, -0.2) is 13.2 Å². The van der Waals surface area contributed by atoms with Crippen LogP contribution in [-0.4, -0.2) is 11.7 Å². The first-order valence-corrected chi connectivity index (χ1v) is 10.3. The highest BCUT2D eigenvalue weighted by atomic mass is 19.2. The molecule has 1 aliphatic rings. The lowest BCUT2D eigenvalue weighted by Gasteiger charge is -2.14. The first kappa shape index (κ1) is 21.4. The van der Waals surface area contributed by atoms with Crippen LogP contribution in [0.4, 0.5) is 13.2 Å². The van der Waals surface area contributed by atoms with Gasteiger partial charge in [0.15, 0.2) is 11.6 Å². The topological polar surface area (TPSA) is 42.0 Å². The second-order valence-electron chi connectivity index (χ2n) is 7.62. The van der Waals surface area contributed by atoms with Crippen molar-refractivity contribution in [1.29, 1.82) is 0 Å². The van der Waals surface area contributed by atoms with Crippen LogP contribution >= 0.6 is 0 Å². The van der Waals surface area contributed by atoms with Crippen LogP contribution in [0, 0.1) is 17.5 Å². The molecule has 162 valence electrons. The van der Waals surface area contributed by atoms with Crippen molar-refractivity contribution in [2.24, 2.45) is 0 Å². The Balaban J connectivity index is 1.43. The number of benzene rings is 3. The van der Waals surface area contributed by atoms with Crippen LogP contribution in [0.5, 0.6) is 5.75 Å². The highest BCUT2D eigenvalue weighted by molar-refractivity contribution is 5.64. The average Bonchev–Trinajstić information content (AvgIpc) is 3.60. The summed E-state index contributed by atoms with van der Waals surface area (Å²) in [7, 11) is 0. The Morgan fingerprint density at radius 3 is 2.35 bits per heavy atom. The van der Waals surface area contributed by atoms with Crippen LogP contribution < -0.4 is 4.74 Å². The summed E-state index contributed by atoms with van der Waals surface area (Å²) in [5.74, 6) is -1.88. The molecule has 2 unspecified atom stereocenters. The molecule has 31 heavy (non-hydrogen) atoms. The van der Waals surface area contributed by atoms with Crippen LogP contribution in [-0.2, 0) is 11.3 Å². The molecule has 2 atom stereocenters. The van der Waals surface area contributed by atoms with Crippen molar-refractivity contribution in [2.45, 2.75) is 38.6 Å². The molecule has 6 heteroatoms. The van der Waals surface area contributed by atoms with E-state index in [1.54, 1.807) is 30.3 Å². The van der Waals surface area contributed by atoms with Gasteiger partial charge >= 0.3 is 0 Å². The fourth-order valence-electron chi connectivity index (χ4n) is 3.50. The second-order valence-corrected chi connectivity index (χ2v) is 7.62. The number of halogens is 3. The van der Waals surface area contributed by atoms with Gasteiger partial charge in [-0.1, -0.05) is 49.7 Å². The Morgan fingerprint density at radius 2 is 1.71 bits per heavy atom. The SMILES string of the molecule is CCCC(O)c1ccc(COc2ccc(-c3ccc(C4CO4)c(F)c3)cc2)c(F)c1F. The normalized spacial score (nSPS) is 16.2. The molecule has 4 rings (SSSR count). The van der Waals surface area contributed by atoms with Crippen molar-refractivity contribution in [1.82, 2.24) is 0 Å². The fraction of sp³-hybridized carbons (Fsp3) is 0.280. The summed E-state index contributed by atoms with van der Waals surface area (Å²) in [6, 6.07) is 14.8. The summed E-state index contributed by atoms with van der Waals surface area (Å²) in [6.07, 6.45) is -0.148. The Hall–Kier alpha value is -2.83. The van der Waals surface area contributed by atoms with Crippen LogP contribution in [0.15, 0.2) is 54.6 Å². The van der Waals surface area contributed by atoms with E-state index in [-0.39, 0.29) is 29.7 Å². The third-order valence-electron chi connectivity index (χ3n) is 5.38. The van der Waals surface area contributed by atoms with Gasteiger partial charge in [-0.15, -0.1) is 0 Å². The number of ether oxygens (including phenoxy) is 2. The molecule has 1 fully saturated rings. The zero-order valence-electron chi connectivity index (χ0n) is 17.1. The van der Waals surface area contributed by atoms with E-state index in [1.807, 2.05) is 13.0 Å². The molecule has 1 aliphatic heterocycles. The van der Waals surface area contributed by atoms with Crippen molar-refractivity contribution in [3.8, 4) is 16.9 Å². The molecule has 0 aromatic heterocycles. The summed E-state index contributed by atoms with van der Waals surface area (Å²) in [4.78, 5) is 0. The summed E-state index contributed by atoms with van der Waals surface area (Å²) >= 11 is 0. The summed E-state index contributed by atoms with van der Waals surface area (Å²) < 4.78 is 53.6. The number of epoxide rings is 1. The Morgan fingerprint density at radius 1 is 1.00 bits per heavy atom. The average molecular weight is 428 g/mol. The molecule has 1 N–H and O–H groups in total. The number of hydrogen-bond acceptors (Lipinski definition) is 3. The molecule has 0 amide bonds. The van der Waals surface area contributed by atoms with E-state index in [0.717, 1.165) is 11.1 Å². The molecule has 3 aromatic rings. The fourth-order valence-corrected chi connectivity index (χ4v) is 3.50. The molecule has 0 spiro atoms. The second kappa shape index (κ2) is 9.12. The summed E-state index contributed by atoms with van der Waals surface area (Å²) in [5, 5.41) is 9.94. The van der Waals surface area contributed by atoms with E-state index in [2.05, 4.69) is 0 Å². The van der Waals surface area contributed by atoms with E-state index in [9.17, 15) is 18.3 Å². The van der Waals surface area contributed by atoms with Crippen molar-refractivity contribution in [2.75, 3.05) is 6.61 Å². The van der Waals surface area contributed by atoms with E-state index < -0.39 is 17.7 Å². The quantitative estimate of drug-likeness (QED) is 0.431. The number of hydrogen-bond donors (Lipinski definition) is 1. The molecule has 3 nitrogen and oxygen atoms in total. The van der Waals surface area contributed by atoms with Gasteiger partial charge in [0.05, 0.1) is 12.7 Å². The van der Waals surface area contributed by atoms with Crippen LogP contribution in [0.25, 0.3) is 11.1 Å². The lowest BCUT2D eigenvalue weighted by molar-refractivity contribution is 0.160. The van der Waals surface area contributed by atoms with Crippen molar-refractivity contribution >= 4 is 0 Å². The van der Waals surface area contributed by atoms with Crippen molar-refractivity contribution < 1.29 is 27.8 Å². The smallest absolute Gasteiger partial charge is 0.165 e. The number of rotatable bonds is 8. The molecule has 0 radical (unpaired) electrons. The van der Waals surface area contributed by atoms with Crippen molar-refractivity contribution in [3.05, 3.63) is 88.7 Å². The highest BCUT2D eigenvalue weighted by Gasteiger charge is 2.27. The van der Waals surface area contributed by atoms with E-state index in [1.165, 1.54) is 18.2 Å². The van der Waals surface area contributed by atoms with Crippen LogP contribution in [0.2, 0.25) is 0 Å². The van der Waals surface area contributed by atoms with Gasteiger partial charge in [-0.2, -0.15) is 0 Å². The number of aliphatic hydroxyl groups excluding tert-OH is 1. The third kappa shape index (κ3) is 4.75. The standard InChI is InChI=1S/C25H23F3O3/c1-2-3-22(29)20-11-7-17(24(27)25(20)28)13-30-18-8-4-15(5-9-18)16-6-10-19(21(26)12-16)23-14-31-23/h4-12,22-23,29H,2-3,13-14H2,1H3. The van der Waals surface area contributed by atoms with Crippen molar-refractivity contribution in [3.63, 3.8) is 0 Å². The van der Waals surface area contributed by atoms with Gasteiger partial charge in [0.2, 0.25) is 0 Å². The molecule has 3 aromatic carbocycles. The minimum atomic E-state index is -1.04. The van der Waals surface area contributed by atoms with Gasteiger partial charge in [-0.3, -0.25) is 0 Å². The number of aliphatic hydroxyl groups is 1. The minimum Gasteiger partial charge on any atom is -0.489 e. The molecule has 1 saturated heterocycles. The first-order chi connectivity index (χ1) is 15.0. The maximum atomic E-state index is 14.4. The largest absolute Gasteiger partial charge is 0.489 e. The lowest BCUT2D eigenvalue weighted by Crippen LogP contribution is -2.07. The Bertz CT molecular complexity index is 1060. The van der Waals surface area contributed by atoms with Gasteiger partial charge in [-0.05, 0) is 35.7 Å². The minimum absolute atomic E-state index is 0.0426. The zero-order valence-corrected chi connectivity index (χ0v) is 17.1. The molecular formula is C25H23F3O3. The van der Waals surface area contributed by atoms with E-state index >= 15 is 0 Å². The lowest BCUT2D eigenvalue weighted by atomic mass is 10.0. The molecule has 0 saturated carbocycles. The predicted octanol–water partition coefficient (Wildman–Crippen LogP) is 6.25. The van der Waals surface area contributed by atoms with Gasteiger partial charge < -0.3 is 14.6 Å². The predicted molar refractivity (Wildman–Crippen MR) is 111 cm³/mol. The first-order valence-electron chi connectivity index (χ1n) is 10.3. The maximum Gasteiger partial charge on any atom is 0.165 e. The monoisotopic (exact) mass is 428 g/mol. The summed E-state index contributed by atoms with van der Waals surface area (Å²) in [5.41, 5.74) is 2.11. The third-order valence-corrected chi connectivity index (χ3v) is 5.38. The molecule has 1 heterocycles. The van der Waals surface area contributed by atoms with Gasteiger partial charge in [0, 0.05) is 16.7 Å². The zero-order chi connectivity index (χ0) is 22.0. The maximum absolute atomic E-state index is 14.4. The van der Waals surface area contributed by atoms with Gasteiger partial charge in [0.25, 0.3) is 0 Å². The Labute approximate surface area is 179 Å². The molecule has 0 aliphatic carbocycles. The molecule has 0 bridgehead atoms. The van der Waals surface area contributed by atoms with Crippen LogP contribution in [0.1, 0.15) is 48.7 Å². The summed E-state index contributed by atoms with van der Waals surface area (Å²) in [6.45, 7) is 2.26. The van der Waals surface area contributed by atoms with E-state index in [0.29, 0.717) is 30.8 Å².